The molecule has 2 aromatic heterocycles. The van der Waals surface area contributed by atoms with E-state index in [2.05, 4.69) is 45.8 Å². The Morgan fingerprint density at radius 1 is 1.20 bits per heavy atom. The number of nitrogens with zero attached hydrogens (tertiary/aromatic N) is 6. The van der Waals surface area contributed by atoms with Crippen molar-refractivity contribution in [3.8, 4) is 0 Å². The third-order valence-electron chi connectivity index (χ3n) is 4.71. The van der Waals surface area contributed by atoms with Gasteiger partial charge in [-0.15, -0.1) is 0 Å². The Morgan fingerprint density at radius 2 is 1.96 bits per heavy atom. The standard InChI is InChI=1S/C17H28N6O2/c1-13(2)16-19-17(25-20-16)14(3)22-6-4-21(5-7-22)11-15-10-18-23(12-15)8-9-24/h10,12-14,24H,4-9,11H2,1-3H3/t14-/m0/s1. The maximum Gasteiger partial charge on any atom is 0.243 e. The molecule has 0 amide bonds. The summed E-state index contributed by atoms with van der Waals surface area (Å²) in [6.45, 7) is 11.8. The lowest BCUT2D eigenvalue weighted by atomic mass is 10.2. The maximum absolute atomic E-state index is 8.96. The van der Waals surface area contributed by atoms with Crippen LogP contribution in [0.3, 0.4) is 0 Å². The van der Waals surface area contributed by atoms with E-state index in [1.54, 1.807) is 4.68 Å². The Balaban J connectivity index is 1.50. The molecule has 0 spiro atoms. The predicted molar refractivity (Wildman–Crippen MR) is 93.0 cm³/mol. The minimum absolute atomic E-state index is 0.117. The van der Waals surface area contributed by atoms with Crippen molar-refractivity contribution in [2.24, 2.45) is 0 Å². The summed E-state index contributed by atoms with van der Waals surface area (Å²) in [7, 11) is 0. The first-order valence-electron chi connectivity index (χ1n) is 8.99. The Labute approximate surface area is 148 Å². The van der Waals surface area contributed by atoms with Gasteiger partial charge in [-0.05, 0) is 6.92 Å². The van der Waals surface area contributed by atoms with Crippen LogP contribution in [0.15, 0.2) is 16.9 Å². The Hall–Kier alpha value is -1.77. The van der Waals surface area contributed by atoms with E-state index in [0.717, 1.165) is 38.5 Å². The number of hydrogen-bond donors (Lipinski definition) is 1. The number of aliphatic hydroxyl groups is 1. The van der Waals surface area contributed by atoms with Crippen LogP contribution in [-0.4, -0.2) is 67.6 Å². The van der Waals surface area contributed by atoms with Gasteiger partial charge in [0.15, 0.2) is 5.82 Å². The molecule has 1 aliphatic heterocycles. The van der Waals surface area contributed by atoms with E-state index in [-0.39, 0.29) is 18.6 Å². The summed E-state index contributed by atoms with van der Waals surface area (Å²) in [4.78, 5) is 9.35. The van der Waals surface area contributed by atoms with Gasteiger partial charge in [0.05, 0.1) is 25.4 Å². The van der Waals surface area contributed by atoms with Gasteiger partial charge in [0.1, 0.15) is 0 Å². The van der Waals surface area contributed by atoms with Gasteiger partial charge in [0.25, 0.3) is 0 Å². The Bertz CT molecular complexity index is 660. The highest BCUT2D eigenvalue weighted by atomic mass is 16.5. The van der Waals surface area contributed by atoms with Gasteiger partial charge >= 0.3 is 0 Å². The lowest BCUT2D eigenvalue weighted by molar-refractivity contribution is 0.0845. The summed E-state index contributed by atoms with van der Waals surface area (Å²) >= 11 is 0. The van der Waals surface area contributed by atoms with Crippen LogP contribution < -0.4 is 0 Å². The molecule has 0 unspecified atom stereocenters. The third-order valence-corrected chi connectivity index (χ3v) is 4.71. The van der Waals surface area contributed by atoms with Crippen molar-refractivity contribution in [1.29, 1.82) is 0 Å². The molecular weight excluding hydrogens is 320 g/mol. The predicted octanol–water partition coefficient (Wildman–Crippen LogP) is 1.26. The minimum atomic E-state index is 0.117. The van der Waals surface area contributed by atoms with Gasteiger partial charge in [0, 0.05) is 50.4 Å². The van der Waals surface area contributed by atoms with E-state index in [9.17, 15) is 0 Å². The fourth-order valence-corrected chi connectivity index (χ4v) is 3.09. The van der Waals surface area contributed by atoms with Crippen LogP contribution in [-0.2, 0) is 13.1 Å². The molecule has 0 radical (unpaired) electrons. The normalized spacial score (nSPS) is 18.1. The molecule has 0 aromatic carbocycles. The zero-order valence-corrected chi connectivity index (χ0v) is 15.3. The summed E-state index contributed by atoms with van der Waals surface area (Å²) in [6, 6.07) is 0.148. The molecule has 138 valence electrons. The van der Waals surface area contributed by atoms with Crippen molar-refractivity contribution in [1.82, 2.24) is 29.7 Å². The van der Waals surface area contributed by atoms with E-state index in [4.69, 9.17) is 9.63 Å². The molecule has 0 aliphatic carbocycles. The Morgan fingerprint density at radius 3 is 2.60 bits per heavy atom. The molecule has 3 heterocycles. The van der Waals surface area contributed by atoms with E-state index < -0.39 is 0 Å². The van der Waals surface area contributed by atoms with Gasteiger partial charge < -0.3 is 9.63 Å². The summed E-state index contributed by atoms with van der Waals surface area (Å²) in [5.41, 5.74) is 1.19. The first kappa shape index (κ1) is 18.0. The molecule has 2 aromatic rings. The highest BCUT2D eigenvalue weighted by molar-refractivity contribution is 5.04. The molecule has 0 bridgehead atoms. The van der Waals surface area contributed by atoms with Crippen LogP contribution in [0.1, 0.15) is 50.0 Å². The molecule has 8 heteroatoms. The number of aliphatic hydroxyl groups excluding tert-OH is 1. The van der Waals surface area contributed by atoms with Crippen molar-refractivity contribution in [2.75, 3.05) is 32.8 Å². The molecule has 25 heavy (non-hydrogen) atoms. The van der Waals surface area contributed by atoms with Crippen LogP contribution >= 0.6 is 0 Å². The van der Waals surface area contributed by atoms with Crippen molar-refractivity contribution in [3.05, 3.63) is 29.7 Å². The fraction of sp³-hybridized carbons (Fsp3) is 0.706. The van der Waals surface area contributed by atoms with Gasteiger partial charge in [-0.3, -0.25) is 14.5 Å². The van der Waals surface area contributed by atoms with E-state index in [0.29, 0.717) is 12.4 Å². The molecule has 0 saturated carbocycles. The average Bonchev–Trinajstić information content (AvgIpc) is 3.25. The van der Waals surface area contributed by atoms with Crippen LogP contribution in [0.4, 0.5) is 0 Å². The SMILES string of the molecule is CC(C)c1noc([C@H](C)N2CCN(Cc3cnn(CCO)c3)CC2)n1. The number of piperazine rings is 1. The van der Waals surface area contributed by atoms with Gasteiger partial charge in [-0.1, -0.05) is 19.0 Å². The minimum Gasteiger partial charge on any atom is -0.394 e. The summed E-state index contributed by atoms with van der Waals surface area (Å²) in [5.74, 6) is 1.77. The molecule has 1 atom stereocenters. The number of rotatable bonds is 7. The second-order valence-electron chi connectivity index (χ2n) is 6.97. The van der Waals surface area contributed by atoms with E-state index in [1.807, 2.05) is 12.4 Å². The van der Waals surface area contributed by atoms with Crippen LogP contribution in [0.2, 0.25) is 0 Å². The van der Waals surface area contributed by atoms with Crippen LogP contribution in [0.25, 0.3) is 0 Å². The lowest BCUT2D eigenvalue weighted by Gasteiger charge is -2.36. The zero-order chi connectivity index (χ0) is 17.8. The average molecular weight is 348 g/mol. The molecule has 3 rings (SSSR count). The van der Waals surface area contributed by atoms with E-state index in [1.165, 1.54) is 5.56 Å². The summed E-state index contributed by atoms with van der Waals surface area (Å²) < 4.78 is 7.23. The summed E-state index contributed by atoms with van der Waals surface area (Å²) in [5, 5.41) is 17.3. The quantitative estimate of drug-likeness (QED) is 0.806. The van der Waals surface area contributed by atoms with Crippen LogP contribution in [0, 0.1) is 0 Å². The molecule has 8 nitrogen and oxygen atoms in total. The maximum atomic E-state index is 8.96. The largest absolute Gasteiger partial charge is 0.394 e. The third kappa shape index (κ3) is 4.45. The van der Waals surface area contributed by atoms with Gasteiger partial charge in [0.2, 0.25) is 5.89 Å². The van der Waals surface area contributed by atoms with Gasteiger partial charge in [-0.25, -0.2) is 0 Å². The molecular formula is C17H28N6O2. The Kier molecular flexibility index (Phi) is 5.82. The molecule has 1 saturated heterocycles. The van der Waals surface area contributed by atoms with Crippen molar-refractivity contribution in [2.45, 2.75) is 45.8 Å². The highest BCUT2D eigenvalue weighted by Crippen LogP contribution is 2.22. The lowest BCUT2D eigenvalue weighted by Crippen LogP contribution is -2.46. The second-order valence-corrected chi connectivity index (χ2v) is 6.97. The molecule has 1 N–H and O–H groups in total. The van der Waals surface area contributed by atoms with Crippen molar-refractivity contribution < 1.29 is 9.63 Å². The number of hydrogen-bond acceptors (Lipinski definition) is 7. The van der Waals surface area contributed by atoms with E-state index >= 15 is 0 Å². The summed E-state index contributed by atoms with van der Waals surface area (Å²) in [6.07, 6.45) is 3.90. The smallest absolute Gasteiger partial charge is 0.243 e. The van der Waals surface area contributed by atoms with Crippen molar-refractivity contribution in [3.63, 3.8) is 0 Å². The fourth-order valence-electron chi connectivity index (χ4n) is 3.09. The van der Waals surface area contributed by atoms with Crippen LogP contribution in [0.5, 0.6) is 0 Å². The monoisotopic (exact) mass is 348 g/mol. The first-order valence-corrected chi connectivity index (χ1v) is 8.99. The second kappa shape index (κ2) is 8.07. The highest BCUT2D eigenvalue weighted by Gasteiger charge is 2.26. The van der Waals surface area contributed by atoms with Crippen molar-refractivity contribution >= 4 is 0 Å². The zero-order valence-electron chi connectivity index (χ0n) is 15.3. The van der Waals surface area contributed by atoms with Gasteiger partial charge in [-0.2, -0.15) is 10.1 Å². The topological polar surface area (TPSA) is 83.5 Å². The molecule has 1 fully saturated rings. The molecule has 1 aliphatic rings. The number of aromatic nitrogens is 4. The first-order chi connectivity index (χ1) is 12.1.